The van der Waals surface area contributed by atoms with Crippen LogP contribution in [0.4, 0.5) is 0 Å². The fourth-order valence-corrected chi connectivity index (χ4v) is 5.91. The van der Waals surface area contributed by atoms with Gasteiger partial charge in [0.05, 0.1) is 17.6 Å². The molecule has 0 N–H and O–H groups in total. The van der Waals surface area contributed by atoms with Gasteiger partial charge in [0, 0.05) is 12.6 Å². The first-order chi connectivity index (χ1) is 11.1. The molecule has 1 aliphatic heterocycles. The van der Waals surface area contributed by atoms with Crippen LogP contribution in [-0.4, -0.2) is 38.4 Å². The standard InChI is InChI=1S/C17H23NO4S/c1-22-17(19)14-9-3-5-11-16(14)23(20,21)18-12-6-8-13-7-2-4-10-15(13)18/h3,5,9,11,13,15H,2,4,6-8,10,12H2,1H3. The number of ether oxygens (including phenoxy) is 1. The van der Waals surface area contributed by atoms with E-state index in [9.17, 15) is 13.2 Å². The van der Waals surface area contributed by atoms with E-state index in [2.05, 4.69) is 0 Å². The molecule has 1 saturated heterocycles. The van der Waals surface area contributed by atoms with E-state index in [0.717, 1.165) is 32.1 Å². The molecule has 0 amide bonds. The second kappa shape index (κ2) is 6.61. The van der Waals surface area contributed by atoms with Gasteiger partial charge in [0.15, 0.2) is 0 Å². The Bertz CT molecular complexity index is 684. The lowest BCUT2D eigenvalue weighted by Crippen LogP contribution is -2.49. The molecule has 0 spiro atoms. The van der Waals surface area contributed by atoms with Crippen LogP contribution in [-0.2, 0) is 14.8 Å². The second-order valence-corrected chi connectivity index (χ2v) is 8.22. The topological polar surface area (TPSA) is 63.7 Å². The van der Waals surface area contributed by atoms with Crippen LogP contribution >= 0.6 is 0 Å². The van der Waals surface area contributed by atoms with Gasteiger partial charge in [-0.2, -0.15) is 4.31 Å². The summed E-state index contributed by atoms with van der Waals surface area (Å²) in [7, 11) is -2.42. The van der Waals surface area contributed by atoms with Gasteiger partial charge in [-0.05, 0) is 43.7 Å². The number of hydrogen-bond donors (Lipinski definition) is 0. The third-order valence-corrected chi connectivity index (χ3v) is 7.05. The average molecular weight is 337 g/mol. The van der Waals surface area contributed by atoms with Crippen molar-refractivity contribution in [2.24, 2.45) is 5.92 Å². The van der Waals surface area contributed by atoms with E-state index in [1.54, 1.807) is 16.4 Å². The van der Waals surface area contributed by atoms with E-state index in [0.29, 0.717) is 12.5 Å². The summed E-state index contributed by atoms with van der Waals surface area (Å²) in [4.78, 5) is 12.0. The normalized spacial score (nSPS) is 25.6. The highest BCUT2D eigenvalue weighted by Gasteiger charge is 2.41. The number of esters is 1. The molecule has 2 unspecified atom stereocenters. The molecule has 23 heavy (non-hydrogen) atoms. The second-order valence-electron chi connectivity index (χ2n) is 6.36. The smallest absolute Gasteiger partial charge is 0.339 e. The molecule has 1 saturated carbocycles. The van der Waals surface area contributed by atoms with E-state index in [1.165, 1.54) is 25.7 Å². The Morgan fingerprint density at radius 3 is 2.61 bits per heavy atom. The predicted molar refractivity (Wildman–Crippen MR) is 86.7 cm³/mol. The van der Waals surface area contributed by atoms with Crippen molar-refractivity contribution in [3.8, 4) is 0 Å². The summed E-state index contributed by atoms with van der Waals surface area (Å²) in [5, 5.41) is 0. The highest BCUT2D eigenvalue weighted by atomic mass is 32.2. The van der Waals surface area contributed by atoms with Crippen molar-refractivity contribution in [1.82, 2.24) is 4.31 Å². The number of hydrogen-bond acceptors (Lipinski definition) is 4. The number of carbonyl (C=O) groups excluding carboxylic acids is 1. The number of benzene rings is 1. The Hall–Kier alpha value is -1.40. The van der Waals surface area contributed by atoms with Crippen molar-refractivity contribution in [3.05, 3.63) is 29.8 Å². The van der Waals surface area contributed by atoms with Gasteiger partial charge in [0.1, 0.15) is 0 Å². The van der Waals surface area contributed by atoms with Crippen molar-refractivity contribution < 1.29 is 17.9 Å². The van der Waals surface area contributed by atoms with Gasteiger partial charge in [0.25, 0.3) is 0 Å². The van der Waals surface area contributed by atoms with E-state index >= 15 is 0 Å². The summed E-state index contributed by atoms with van der Waals surface area (Å²) in [6, 6.07) is 6.41. The lowest BCUT2D eigenvalue weighted by Gasteiger charge is -2.43. The van der Waals surface area contributed by atoms with Gasteiger partial charge in [-0.1, -0.05) is 25.0 Å². The highest BCUT2D eigenvalue weighted by molar-refractivity contribution is 7.89. The number of methoxy groups -OCH3 is 1. The lowest BCUT2D eigenvalue weighted by molar-refractivity contribution is 0.0595. The van der Waals surface area contributed by atoms with Crippen molar-refractivity contribution in [1.29, 1.82) is 0 Å². The van der Waals surface area contributed by atoms with Crippen molar-refractivity contribution in [3.63, 3.8) is 0 Å². The van der Waals surface area contributed by atoms with Crippen LogP contribution in [0.15, 0.2) is 29.2 Å². The molecule has 0 bridgehead atoms. The molecule has 2 atom stereocenters. The Kier molecular flexibility index (Phi) is 4.73. The first kappa shape index (κ1) is 16.5. The molecule has 0 aromatic heterocycles. The van der Waals surface area contributed by atoms with Crippen LogP contribution < -0.4 is 0 Å². The SMILES string of the molecule is COC(=O)c1ccccc1S(=O)(=O)N1CCCC2CCCCC21. The zero-order valence-electron chi connectivity index (χ0n) is 13.4. The summed E-state index contributed by atoms with van der Waals surface area (Å²) < 4.78 is 32.8. The number of nitrogens with zero attached hydrogens (tertiary/aromatic N) is 1. The summed E-state index contributed by atoms with van der Waals surface area (Å²) >= 11 is 0. The first-order valence-corrected chi connectivity index (χ1v) is 9.69. The lowest BCUT2D eigenvalue weighted by atomic mass is 9.79. The van der Waals surface area contributed by atoms with Gasteiger partial charge in [-0.25, -0.2) is 13.2 Å². The zero-order valence-corrected chi connectivity index (χ0v) is 14.2. The van der Waals surface area contributed by atoms with Gasteiger partial charge in [0.2, 0.25) is 10.0 Å². The number of piperidine rings is 1. The zero-order chi connectivity index (χ0) is 16.4. The number of sulfonamides is 1. The predicted octanol–water partition coefficient (Wildman–Crippen LogP) is 2.82. The quantitative estimate of drug-likeness (QED) is 0.796. The fourth-order valence-electron chi connectivity index (χ4n) is 3.97. The number of rotatable bonds is 3. The van der Waals surface area contributed by atoms with Crippen LogP contribution in [0.3, 0.4) is 0 Å². The molecule has 126 valence electrons. The largest absolute Gasteiger partial charge is 0.465 e. The van der Waals surface area contributed by atoms with E-state index in [-0.39, 0.29) is 16.5 Å². The minimum absolute atomic E-state index is 0.0677. The van der Waals surface area contributed by atoms with Gasteiger partial charge >= 0.3 is 5.97 Å². The molecule has 1 heterocycles. The fraction of sp³-hybridized carbons (Fsp3) is 0.588. The molecule has 5 nitrogen and oxygen atoms in total. The summed E-state index contributed by atoms with van der Waals surface area (Å²) in [6.07, 6.45) is 6.29. The minimum atomic E-state index is -3.69. The van der Waals surface area contributed by atoms with Gasteiger partial charge in [-0.15, -0.1) is 0 Å². The maximum atomic E-state index is 13.2. The molecule has 3 rings (SSSR count). The molecule has 6 heteroatoms. The monoisotopic (exact) mass is 337 g/mol. The number of carbonyl (C=O) groups is 1. The summed E-state index contributed by atoms with van der Waals surface area (Å²) in [6.45, 7) is 0.541. The molecule has 1 aliphatic carbocycles. The summed E-state index contributed by atoms with van der Waals surface area (Å²) in [5.41, 5.74) is 0.118. The molecule has 2 fully saturated rings. The Morgan fingerprint density at radius 2 is 1.83 bits per heavy atom. The van der Waals surface area contributed by atoms with Crippen LogP contribution in [0.5, 0.6) is 0 Å². The number of fused-ring (bicyclic) bond motifs is 1. The van der Waals surface area contributed by atoms with Gasteiger partial charge < -0.3 is 4.74 Å². The third-order valence-electron chi connectivity index (χ3n) is 5.07. The molecule has 0 radical (unpaired) electrons. The van der Waals surface area contributed by atoms with Crippen LogP contribution in [0.25, 0.3) is 0 Å². The summed E-state index contributed by atoms with van der Waals surface area (Å²) in [5.74, 6) is -0.154. The van der Waals surface area contributed by atoms with E-state index in [1.807, 2.05) is 0 Å². The Labute approximate surface area is 137 Å². The van der Waals surface area contributed by atoms with Crippen LogP contribution in [0, 0.1) is 5.92 Å². The third kappa shape index (κ3) is 3.02. The molecule has 1 aromatic carbocycles. The highest BCUT2D eigenvalue weighted by Crippen LogP contribution is 2.38. The van der Waals surface area contributed by atoms with Crippen molar-refractivity contribution in [2.75, 3.05) is 13.7 Å². The van der Waals surface area contributed by atoms with Gasteiger partial charge in [-0.3, -0.25) is 0 Å². The Morgan fingerprint density at radius 1 is 1.13 bits per heavy atom. The van der Waals surface area contributed by atoms with E-state index in [4.69, 9.17) is 4.74 Å². The molecular formula is C17H23NO4S. The maximum Gasteiger partial charge on any atom is 0.339 e. The van der Waals surface area contributed by atoms with E-state index < -0.39 is 16.0 Å². The van der Waals surface area contributed by atoms with Crippen LogP contribution in [0.1, 0.15) is 48.9 Å². The molecular weight excluding hydrogens is 314 g/mol. The van der Waals surface area contributed by atoms with Crippen LogP contribution in [0.2, 0.25) is 0 Å². The Balaban J connectivity index is 2.00. The maximum absolute atomic E-state index is 13.2. The minimum Gasteiger partial charge on any atom is -0.465 e. The van der Waals surface area contributed by atoms with Crippen molar-refractivity contribution >= 4 is 16.0 Å². The average Bonchev–Trinajstić information content (AvgIpc) is 2.60. The van der Waals surface area contributed by atoms with Crippen molar-refractivity contribution in [2.45, 2.75) is 49.5 Å². The molecule has 1 aromatic rings. The molecule has 2 aliphatic rings. The first-order valence-electron chi connectivity index (χ1n) is 8.25.